The van der Waals surface area contributed by atoms with E-state index in [0.29, 0.717) is 25.2 Å². The highest BCUT2D eigenvalue weighted by molar-refractivity contribution is 5.75. The number of carbonyl (C=O) groups excluding carboxylic acids is 1. The van der Waals surface area contributed by atoms with Crippen molar-refractivity contribution in [2.24, 2.45) is 5.73 Å². The van der Waals surface area contributed by atoms with Crippen LogP contribution in [-0.4, -0.2) is 67.2 Å². The summed E-state index contributed by atoms with van der Waals surface area (Å²) in [5.74, 6) is -0.299. The van der Waals surface area contributed by atoms with Gasteiger partial charge in [-0.2, -0.15) is 0 Å². The number of nitrogens with two attached hydrogens (primary N) is 1. The highest BCUT2D eigenvalue weighted by atomic mass is 16.5. The van der Waals surface area contributed by atoms with E-state index in [1.165, 1.54) is 0 Å². The molecule has 5 nitrogen and oxygen atoms in total. The summed E-state index contributed by atoms with van der Waals surface area (Å²) in [6.07, 6.45) is 0. The van der Waals surface area contributed by atoms with Gasteiger partial charge in [0.2, 0.25) is 0 Å². The van der Waals surface area contributed by atoms with Gasteiger partial charge < -0.3 is 10.5 Å². The Morgan fingerprint density at radius 1 is 1.41 bits per heavy atom. The second kappa shape index (κ2) is 6.33. The second-order valence-electron chi connectivity index (χ2n) is 4.94. The summed E-state index contributed by atoms with van der Waals surface area (Å²) in [6.45, 7) is 9.06. The van der Waals surface area contributed by atoms with Crippen LogP contribution in [0.2, 0.25) is 0 Å². The summed E-state index contributed by atoms with van der Waals surface area (Å²) in [5, 5.41) is 0. The lowest BCUT2D eigenvalue weighted by atomic mass is 10.1. The van der Waals surface area contributed by atoms with Crippen molar-refractivity contribution >= 4 is 5.97 Å². The predicted octanol–water partition coefficient (Wildman–Crippen LogP) is -0.0988. The van der Waals surface area contributed by atoms with E-state index in [2.05, 4.69) is 30.7 Å². The van der Waals surface area contributed by atoms with Crippen LogP contribution in [0.25, 0.3) is 0 Å². The first-order chi connectivity index (χ1) is 7.95. The Bertz CT molecular complexity index is 248. The molecule has 1 fully saturated rings. The van der Waals surface area contributed by atoms with E-state index in [1.54, 1.807) is 6.92 Å². The molecule has 3 unspecified atom stereocenters. The van der Waals surface area contributed by atoms with Crippen LogP contribution in [-0.2, 0) is 9.53 Å². The van der Waals surface area contributed by atoms with Crippen LogP contribution in [0.15, 0.2) is 0 Å². The van der Waals surface area contributed by atoms with Gasteiger partial charge in [0.25, 0.3) is 0 Å². The highest BCUT2D eigenvalue weighted by Crippen LogP contribution is 2.13. The van der Waals surface area contributed by atoms with Crippen molar-refractivity contribution in [2.45, 2.75) is 38.9 Å². The minimum atomic E-state index is -0.530. The van der Waals surface area contributed by atoms with Crippen molar-refractivity contribution in [1.29, 1.82) is 0 Å². The molecule has 1 heterocycles. The zero-order valence-corrected chi connectivity index (χ0v) is 11.3. The van der Waals surface area contributed by atoms with Crippen molar-refractivity contribution in [3.05, 3.63) is 0 Å². The van der Waals surface area contributed by atoms with Crippen LogP contribution < -0.4 is 5.73 Å². The summed E-state index contributed by atoms with van der Waals surface area (Å²) in [5.41, 5.74) is 5.83. The number of rotatable bonds is 4. The molecule has 1 aliphatic rings. The number of ether oxygens (including phenoxy) is 1. The Labute approximate surface area is 104 Å². The van der Waals surface area contributed by atoms with E-state index in [0.717, 1.165) is 13.1 Å². The fourth-order valence-electron chi connectivity index (χ4n) is 2.26. The molecule has 3 atom stereocenters. The van der Waals surface area contributed by atoms with Gasteiger partial charge in [0.05, 0.1) is 6.61 Å². The summed E-state index contributed by atoms with van der Waals surface area (Å²) in [6, 6.07) is 0.457. The van der Waals surface area contributed by atoms with Crippen LogP contribution in [0.5, 0.6) is 0 Å². The minimum Gasteiger partial charge on any atom is -0.465 e. The zero-order valence-electron chi connectivity index (χ0n) is 11.3. The normalized spacial score (nSPS) is 29.0. The van der Waals surface area contributed by atoms with Gasteiger partial charge in [-0.05, 0) is 27.8 Å². The molecular weight excluding hydrogens is 218 g/mol. The third-order valence-corrected chi connectivity index (χ3v) is 3.48. The SMILES string of the molecule is CCOC(=O)C(N)CN1CC(C)N(C)C(C)C1. The number of likely N-dealkylation sites (N-methyl/N-ethyl adjacent to an activating group) is 1. The lowest BCUT2D eigenvalue weighted by Crippen LogP contribution is -2.57. The topological polar surface area (TPSA) is 58.8 Å². The van der Waals surface area contributed by atoms with Crippen LogP contribution in [0, 0.1) is 0 Å². The van der Waals surface area contributed by atoms with Crippen molar-refractivity contribution in [3.8, 4) is 0 Å². The van der Waals surface area contributed by atoms with Gasteiger partial charge in [-0.25, -0.2) is 0 Å². The van der Waals surface area contributed by atoms with Crippen molar-refractivity contribution in [2.75, 3.05) is 33.3 Å². The van der Waals surface area contributed by atoms with E-state index in [4.69, 9.17) is 10.5 Å². The largest absolute Gasteiger partial charge is 0.465 e. The van der Waals surface area contributed by atoms with Gasteiger partial charge in [-0.1, -0.05) is 0 Å². The number of nitrogens with zero attached hydrogens (tertiary/aromatic N) is 2. The average molecular weight is 243 g/mol. The van der Waals surface area contributed by atoms with Crippen molar-refractivity contribution in [3.63, 3.8) is 0 Å². The number of hydrogen-bond acceptors (Lipinski definition) is 5. The maximum Gasteiger partial charge on any atom is 0.324 e. The quantitative estimate of drug-likeness (QED) is 0.699. The summed E-state index contributed by atoms with van der Waals surface area (Å²) < 4.78 is 4.92. The molecule has 1 aliphatic heterocycles. The summed E-state index contributed by atoms with van der Waals surface area (Å²) in [4.78, 5) is 16.1. The van der Waals surface area contributed by atoms with E-state index in [1.807, 2.05) is 0 Å². The first-order valence-electron chi connectivity index (χ1n) is 6.32. The molecule has 100 valence electrons. The second-order valence-corrected chi connectivity index (χ2v) is 4.94. The molecule has 0 aromatic carbocycles. The number of carbonyl (C=O) groups is 1. The Morgan fingerprint density at radius 3 is 2.41 bits per heavy atom. The molecule has 0 bridgehead atoms. The van der Waals surface area contributed by atoms with E-state index >= 15 is 0 Å². The lowest BCUT2D eigenvalue weighted by molar-refractivity contribution is -0.145. The monoisotopic (exact) mass is 243 g/mol. The van der Waals surface area contributed by atoms with Crippen LogP contribution in [0.1, 0.15) is 20.8 Å². The van der Waals surface area contributed by atoms with Crippen LogP contribution in [0.4, 0.5) is 0 Å². The third-order valence-electron chi connectivity index (χ3n) is 3.48. The highest BCUT2D eigenvalue weighted by Gasteiger charge is 2.28. The van der Waals surface area contributed by atoms with Gasteiger partial charge in [-0.15, -0.1) is 0 Å². The average Bonchev–Trinajstić information content (AvgIpc) is 2.26. The molecule has 1 saturated heterocycles. The third kappa shape index (κ3) is 3.94. The first kappa shape index (κ1) is 14.4. The summed E-state index contributed by atoms with van der Waals surface area (Å²) >= 11 is 0. The number of piperazine rings is 1. The molecule has 5 heteroatoms. The number of esters is 1. The Kier molecular flexibility index (Phi) is 5.36. The molecule has 0 amide bonds. The fourth-order valence-corrected chi connectivity index (χ4v) is 2.26. The van der Waals surface area contributed by atoms with E-state index in [9.17, 15) is 4.79 Å². The van der Waals surface area contributed by atoms with E-state index in [-0.39, 0.29) is 5.97 Å². The van der Waals surface area contributed by atoms with Crippen molar-refractivity contribution in [1.82, 2.24) is 9.80 Å². The van der Waals surface area contributed by atoms with Crippen LogP contribution in [0.3, 0.4) is 0 Å². The van der Waals surface area contributed by atoms with Gasteiger partial charge in [0, 0.05) is 31.7 Å². The van der Waals surface area contributed by atoms with Gasteiger partial charge in [-0.3, -0.25) is 14.6 Å². The molecule has 17 heavy (non-hydrogen) atoms. The predicted molar refractivity (Wildman–Crippen MR) is 67.7 cm³/mol. The molecule has 0 spiro atoms. The lowest BCUT2D eigenvalue weighted by Gasteiger charge is -2.42. The van der Waals surface area contributed by atoms with Crippen molar-refractivity contribution < 1.29 is 9.53 Å². The molecule has 1 rings (SSSR count). The van der Waals surface area contributed by atoms with Gasteiger partial charge in [0.15, 0.2) is 0 Å². The van der Waals surface area contributed by atoms with Gasteiger partial charge in [0.1, 0.15) is 6.04 Å². The summed E-state index contributed by atoms with van der Waals surface area (Å²) in [7, 11) is 2.14. The fraction of sp³-hybridized carbons (Fsp3) is 0.917. The van der Waals surface area contributed by atoms with Gasteiger partial charge >= 0.3 is 5.97 Å². The zero-order chi connectivity index (χ0) is 13.0. The maximum atomic E-state index is 11.5. The first-order valence-corrected chi connectivity index (χ1v) is 6.32. The smallest absolute Gasteiger partial charge is 0.324 e. The van der Waals surface area contributed by atoms with Crippen LogP contribution >= 0.6 is 0 Å². The molecule has 2 N–H and O–H groups in total. The minimum absolute atomic E-state index is 0.299. The molecule has 0 aromatic rings. The Balaban J connectivity index is 2.44. The standard InChI is InChI=1S/C12H25N3O2/c1-5-17-12(16)11(13)8-15-6-9(2)14(4)10(3)7-15/h9-11H,5-8,13H2,1-4H3. The Hall–Kier alpha value is -0.650. The Morgan fingerprint density at radius 2 is 1.94 bits per heavy atom. The molecule has 0 radical (unpaired) electrons. The maximum absolute atomic E-state index is 11.5. The number of hydrogen-bond donors (Lipinski definition) is 1. The molecule has 0 aromatic heterocycles. The molecule has 0 aliphatic carbocycles. The van der Waals surface area contributed by atoms with E-state index < -0.39 is 6.04 Å². The molecule has 0 saturated carbocycles. The molecular formula is C12H25N3O2.